The van der Waals surface area contributed by atoms with E-state index in [1.165, 1.54) is 77.0 Å². The van der Waals surface area contributed by atoms with E-state index in [-0.39, 0.29) is 5.78 Å². The molecule has 0 heterocycles. The number of nitrogens with zero attached hydrogens (tertiary/aromatic N) is 1. The normalized spacial score (nSPS) is 19.4. The quantitative estimate of drug-likeness (QED) is 0.220. The van der Waals surface area contributed by atoms with E-state index in [1.54, 1.807) is 6.92 Å². The molecule has 0 amide bonds. The summed E-state index contributed by atoms with van der Waals surface area (Å²) >= 11 is 0. The molecule has 2 aliphatic carbocycles. The smallest absolute Gasteiger partial charge is 0.175 e. The third kappa shape index (κ3) is 14.6. The van der Waals surface area contributed by atoms with Crippen LogP contribution in [0.2, 0.25) is 0 Å². The van der Waals surface area contributed by atoms with E-state index in [0.717, 1.165) is 48.7 Å². The number of ketones is 1. The summed E-state index contributed by atoms with van der Waals surface area (Å²) in [5.41, 5.74) is 9.55. The maximum Gasteiger partial charge on any atom is 0.175 e. The predicted octanol–water partition coefficient (Wildman–Crippen LogP) is 8.27. The Balaban J connectivity index is 0.000000639. The fraction of sp³-hybridized carbons (Fsp3) is 0.800. The van der Waals surface area contributed by atoms with Gasteiger partial charge in [0.1, 0.15) is 0 Å². The van der Waals surface area contributed by atoms with Crippen molar-refractivity contribution in [2.45, 2.75) is 144 Å². The van der Waals surface area contributed by atoms with Crippen LogP contribution < -0.4 is 11.1 Å². The number of allylic oxidation sites excluding steroid dienone is 3. The molecule has 3 N–H and O–H groups in total. The van der Waals surface area contributed by atoms with E-state index < -0.39 is 0 Å². The Bertz CT molecular complexity index is 615. The first-order chi connectivity index (χ1) is 16.4. The molecule has 2 rings (SSSR count). The highest BCUT2D eigenvalue weighted by atomic mass is 16.1. The first kappa shape index (κ1) is 32.4. The molecule has 2 aliphatic rings. The van der Waals surface area contributed by atoms with Crippen LogP contribution in [0.3, 0.4) is 0 Å². The molecule has 4 heteroatoms. The van der Waals surface area contributed by atoms with Crippen LogP contribution in [0.1, 0.15) is 138 Å². The Labute approximate surface area is 212 Å². The maximum absolute atomic E-state index is 11.4. The van der Waals surface area contributed by atoms with Gasteiger partial charge in [-0.05, 0) is 56.9 Å². The standard InChI is InChI=1S/C16H26N2O.C12H25N.C2H6/c1-12(19)16(17)14-8-5-9-15(14)18-11-10-13-6-3-2-4-7-13;1-5-7-8-10-12(9-6-2)13-11(3)4;1-2/h13H,2-11,17H2,1H3;12-13H,3,5-10H2,1-2,4H3;1-2H3/b16-14-,18-15?;;. The van der Waals surface area contributed by atoms with Crippen molar-refractivity contribution < 1.29 is 4.79 Å². The second kappa shape index (κ2) is 20.8. The number of Topliss-reactive ketones (excluding diaryl/α,β-unsaturated/α-hetero) is 1. The van der Waals surface area contributed by atoms with Crippen molar-refractivity contribution in [3.63, 3.8) is 0 Å². The number of nitrogens with one attached hydrogen (secondary N) is 1. The van der Waals surface area contributed by atoms with Crippen LogP contribution in [0.5, 0.6) is 0 Å². The topological polar surface area (TPSA) is 67.5 Å². The summed E-state index contributed by atoms with van der Waals surface area (Å²) in [6, 6.07) is 0.661. The van der Waals surface area contributed by atoms with E-state index in [2.05, 4.69) is 25.7 Å². The Kier molecular flexibility index (Phi) is 19.8. The molecule has 1 atom stereocenters. The summed E-state index contributed by atoms with van der Waals surface area (Å²) in [5, 5.41) is 3.45. The SMILES string of the molecule is C=C(C)NC(CCC)CCCCC.CC.CC(=O)/C(N)=C1\CCCC1=NCCC1CCCCC1. The minimum absolute atomic E-state index is 0.0168. The van der Waals surface area contributed by atoms with Crippen LogP contribution in [-0.4, -0.2) is 24.1 Å². The fourth-order valence-electron chi connectivity index (χ4n) is 4.89. The highest BCUT2D eigenvalue weighted by Crippen LogP contribution is 2.27. The monoisotopic (exact) mass is 475 g/mol. The Hall–Kier alpha value is -1.58. The lowest BCUT2D eigenvalue weighted by atomic mass is 9.87. The van der Waals surface area contributed by atoms with Crippen molar-refractivity contribution in [1.82, 2.24) is 5.32 Å². The molecule has 2 saturated carbocycles. The molecule has 0 bridgehead atoms. The van der Waals surface area contributed by atoms with Gasteiger partial charge in [-0.3, -0.25) is 9.79 Å². The van der Waals surface area contributed by atoms with Gasteiger partial charge in [0.05, 0.1) is 5.70 Å². The van der Waals surface area contributed by atoms with E-state index in [9.17, 15) is 4.79 Å². The fourth-order valence-corrected chi connectivity index (χ4v) is 4.89. The molecule has 0 radical (unpaired) electrons. The van der Waals surface area contributed by atoms with Crippen LogP contribution in [0.4, 0.5) is 0 Å². The highest BCUT2D eigenvalue weighted by molar-refractivity contribution is 6.08. The van der Waals surface area contributed by atoms with Gasteiger partial charge < -0.3 is 11.1 Å². The molecule has 0 saturated heterocycles. The minimum atomic E-state index is -0.0168. The Morgan fingerprint density at radius 2 is 1.71 bits per heavy atom. The lowest BCUT2D eigenvalue weighted by Crippen LogP contribution is -2.26. The molecule has 0 aromatic carbocycles. The van der Waals surface area contributed by atoms with Gasteiger partial charge in [0.15, 0.2) is 5.78 Å². The predicted molar refractivity (Wildman–Crippen MR) is 151 cm³/mol. The number of rotatable bonds is 12. The zero-order chi connectivity index (χ0) is 25.8. The van der Waals surface area contributed by atoms with Crippen LogP contribution in [0.15, 0.2) is 28.5 Å². The van der Waals surface area contributed by atoms with Crippen molar-refractivity contribution in [2.24, 2.45) is 16.6 Å². The summed E-state index contributed by atoms with van der Waals surface area (Å²) in [6.07, 6.45) is 19.0. The van der Waals surface area contributed by atoms with E-state index >= 15 is 0 Å². The first-order valence-corrected chi connectivity index (χ1v) is 14.3. The molecule has 34 heavy (non-hydrogen) atoms. The molecule has 0 aromatic heterocycles. The second-order valence-corrected chi connectivity index (χ2v) is 9.83. The Morgan fingerprint density at radius 1 is 1.03 bits per heavy atom. The summed E-state index contributed by atoms with van der Waals surface area (Å²) in [6.45, 7) is 16.9. The van der Waals surface area contributed by atoms with Gasteiger partial charge in [0.25, 0.3) is 0 Å². The molecule has 0 aromatic rings. The highest BCUT2D eigenvalue weighted by Gasteiger charge is 2.20. The molecular weight excluding hydrogens is 418 g/mol. The van der Waals surface area contributed by atoms with Gasteiger partial charge in [-0.1, -0.05) is 92.1 Å². The third-order valence-electron chi connectivity index (χ3n) is 6.70. The lowest BCUT2D eigenvalue weighted by molar-refractivity contribution is -0.113. The van der Waals surface area contributed by atoms with Crippen molar-refractivity contribution >= 4 is 11.5 Å². The summed E-state index contributed by atoms with van der Waals surface area (Å²) < 4.78 is 0. The third-order valence-corrected chi connectivity index (χ3v) is 6.70. The van der Waals surface area contributed by atoms with Gasteiger partial charge in [0.2, 0.25) is 0 Å². The molecule has 2 fully saturated rings. The molecule has 1 unspecified atom stereocenters. The largest absolute Gasteiger partial charge is 0.396 e. The minimum Gasteiger partial charge on any atom is -0.396 e. The van der Waals surface area contributed by atoms with Gasteiger partial charge >= 0.3 is 0 Å². The molecule has 0 spiro atoms. The van der Waals surface area contributed by atoms with E-state index in [0.29, 0.717) is 11.7 Å². The Morgan fingerprint density at radius 3 is 2.26 bits per heavy atom. The summed E-state index contributed by atoms with van der Waals surface area (Å²) in [5.74, 6) is 0.856. The number of hydrogen-bond donors (Lipinski definition) is 2. The van der Waals surface area contributed by atoms with E-state index in [4.69, 9.17) is 10.7 Å². The van der Waals surface area contributed by atoms with Gasteiger partial charge in [0, 0.05) is 30.9 Å². The molecule has 198 valence electrons. The van der Waals surface area contributed by atoms with E-state index in [1.807, 2.05) is 20.8 Å². The van der Waals surface area contributed by atoms with Crippen LogP contribution >= 0.6 is 0 Å². The summed E-state index contributed by atoms with van der Waals surface area (Å²) in [7, 11) is 0. The van der Waals surface area contributed by atoms with Crippen LogP contribution in [0, 0.1) is 5.92 Å². The van der Waals surface area contributed by atoms with Crippen molar-refractivity contribution in [3.05, 3.63) is 23.5 Å². The van der Waals surface area contributed by atoms with Crippen molar-refractivity contribution in [2.75, 3.05) is 6.54 Å². The number of carbonyl (C=O) groups is 1. The lowest BCUT2D eigenvalue weighted by Gasteiger charge is -2.20. The van der Waals surface area contributed by atoms with Gasteiger partial charge in [-0.25, -0.2) is 0 Å². The number of carbonyl (C=O) groups excluding carboxylic acids is 1. The van der Waals surface area contributed by atoms with Gasteiger partial charge in [-0.2, -0.15) is 0 Å². The maximum atomic E-state index is 11.4. The van der Waals surface area contributed by atoms with Crippen molar-refractivity contribution in [3.8, 4) is 0 Å². The number of nitrogens with two attached hydrogens (primary N) is 1. The average molecular weight is 476 g/mol. The second-order valence-electron chi connectivity index (χ2n) is 9.83. The molecule has 0 aliphatic heterocycles. The zero-order valence-corrected chi connectivity index (χ0v) is 23.6. The number of unbranched alkanes of at least 4 members (excludes halogenated alkanes) is 2. The zero-order valence-electron chi connectivity index (χ0n) is 23.6. The first-order valence-electron chi connectivity index (χ1n) is 14.3. The van der Waals surface area contributed by atoms with Crippen LogP contribution in [-0.2, 0) is 4.79 Å². The average Bonchev–Trinajstić information content (AvgIpc) is 3.29. The number of hydrogen-bond acceptors (Lipinski definition) is 4. The van der Waals surface area contributed by atoms with Crippen molar-refractivity contribution in [1.29, 1.82) is 0 Å². The summed E-state index contributed by atoms with van der Waals surface area (Å²) in [4.78, 5) is 16.1. The van der Waals surface area contributed by atoms with Gasteiger partial charge in [-0.15, -0.1) is 0 Å². The molecular formula is C30H57N3O. The number of aliphatic imine (C=N–C) groups is 1. The molecule has 4 nitrogen and oxygen atoms in total. The van der Waals surface area contributed by atoms with Crippen LogP contribution in [0.25, 0.3) is 0 Å².